The van der Waals surface area contributed by atoms with Crippen LogP contribution in [0.5, 0.6) is 0 Å². The number of hydrogen-bond donors (Lipinski definition) is 1. The molecule has 3 nitrogen and oxygen atoms in total. The second kappa shape index (κ2) is 4.94. The van der Waals surface area contributed by atoms with Gasteiger partial charge in [-0.2, -0.15) is 0 Å². The van der Waals surface area contributed by atoms with Gasteiger partial charge in [0.2, 0.25) is 5.91 Å². The first-order valence-electron chi connectivity index (χ1n) is 5.20. The number of nitrogens with two attached hydrogens (primary N) is 1. The molecular weight excluding hydrogens is 188 g/mol. The van der Waals surface area contributed by atoms with Crippen LogP contribution in [0, 0.1) is 6.92 Å². The SMILES string of the molecule is CCN(C(=O)C(C)N)c1cccc(C)c1. The molecule has 0 fully saturated rings. The summed E-state index contributed by atoms with van der Waals surface area (Å²) in [6, 6.07) is 7.42. The number of carbonyl (C=O) groups excluding carboxylic acids is 1. The van der Waals surface area contributed by atoms with Crippen LogP contribution in [0.3, 0.4) is 0 Å². The van der Waals surface area contributed by atoms with Crippen LogP contribution in [0.1, 0.15) is 19.4 Å². The van der Waals surface area contributed by atoms with Gasteiger partial charge in [-0.25, -0.2) is 0 Å². The molecule has 3 heteroatoms. The number of likely N-dealkylation sites (N-methyl/N-ethyl adjacent to an activating group) is 1. The fraction of sp³-hybridized carbons (Fsp3) is 0.417. The molecule has 0 radical (unpaired) electrons. The highest BCUT2D eigenvalue weighted by Gasteiger charge is 2.17. The molecule has 1 aromatic carbocycles. The minimum absolute atomic E-state index is 0.0388. The number of nitrogens with zero attached hydrogens (tertiary/aromatic N) is 1. The van der Waals surface area contributed by atoms with Crippen molar-refractivity contribution < 1.29 is 4.79 Å². The van der Waals surface area contributed by atoms with Crippen molar-refractivity contribution in [2.45, 2.75) is 26.8 Å². The molecule has 0 saturated heterocycles. The second-order valence-electron chi connectivity index (χ2n) is 3.71. The molecule has 0 heterocycles. The van der Waals surface area contributed by atoms with Crippen LogP contribution in [0.15, 0.2) is 24.3 Å². The number of hydrogen-bond acceptors (Lipinski definition) is 2. The van der Waals surface area contributed by atoms with Gasteiger partial charge in [0.1, 0.15) is 0 Å². The third-order valence-electron chi connectivity index (χ3n) is 2.29. The summed E-state index contributed by atoms with van der Waals surface area (Å²) in [5, 5.41) is 0. The van der Waals surface area contributed by atoms with Crippen LogP contribution in [-0.4, -0.2) is 18.5 Å². The molecular formula is C12H18N2O. The third kappa shape index (κ3) is 2.80. The number of aryl methyl sites for hydroxylation is 1. The zero-order valence-corrected chi connectivity index (χ0v) is 9.53. The monoisotopic (exact) mass is 206 g/mol. The summed E-state index contributed by atoms with van der Waals surface area (Å²) in [5.41, 5.74) is 7.66. The summed E-state index contributed by atoms with van der Waals surface area (Å²) in [5.74, 6) is -0.0388. The molecule has 0 aliphatic carbocycles. The van der Waals surface area contributed by atoms with Gasteiger partial charge in [-0.05, 0) is 38.5 Å². The molecule has 1 rings (SSSR count). The zero-order chi connectivity index (χ0) is 11.4. The van der Waals surface area contributed by atoms with E-state index in [1.54, 1.807) is 11.8 Å². The van der Waals surface area contributed by atoms with E-state index in [1.165, 1.54) is 0 Å². The standard InChI is InChI=1S/C12H18N2O/c1-4-14(12(15)10(3)13)11-7-5-6-9(2)8-11/h5-8,10H,4,13H2,1-3H3. The summed E-state index contributed by atoms with van der Waals surface area (Å²) >= 11 is 0. The molecule has 1 aromatic rings. The quantitative estimate of drug-likeness (QED) is 0.818. The molecule has 0 spiro atoms. The topological polar surface area (TPSA) is 46.3 Å². The van der Waals surface area contributed by atoms with E-state index in [1.807, 2.05) is 38.1 Å². The molecule has 1 unspecified atom stereocenters. The lowest BCUT2D eigenvalue weighted by atomic mass is 10.2. The molecule has 0 bridgehead atoms. The van der Waals surface area contributed by atoms with E-state index in [0.29, 0.717) is 6.54 Å². The second-order valence-corrected chi connectivity index (χ2v) is 3.71. The van der Waals surface area contributed by atoms with E-state index in [-0.39, 0.29) is 5.91 Å². The average Bonchev–Trinajstić information content (AvgIpc) is 2.18. The van der Waals surface area contributed by atoms with E-state index < -0.39 is 6.04 Å². The lowest BCUT2D eigenvalue weighted by molar-refractivity contribution is -0.119. The Labute approximate surface area is 90.9 Å². The van der Waals surface area contributed by atoms with Crippen molar-refractivity contribution in [2.75, 3.05) is 11.4 Å². The van der Waals surface area contributed by atoms with Crippen LogP contribution >= 0.6 is 0 Å². The van der Waals surface area contributed by atoms with Crippen molar-refractivity contribution in [3.05, 3.63) is 29.8 Å². The molecule has 15 heavy (non-hydrogen) atoms. The maximum atomic E-state index is 11.8. The number of rotatable bonds is 3. The van der Waals surface area contributed by atoms with Crippen molar-refractivity contribution in [3.63, 3.8) is 0 Å². The fourth-order valence-corrected chi connectivity index (χ4v) is 1.51. The Hall–Kier alpha value is -1.35. The number of amides is 1. The van der Waals surface area contributed by atoms with Gasteiger partial charge >= 0.3 is 0 Å². The Balaban J connectivity index is 2.97. The maximum absolute atomic E-state index is 11.8. The van der Waals surface area contributed by atoms with Crippen molar-refractivity contribution in [3.8, 4) is 0 Å². The minimum atomic E-state index is -0.453. The van der Waals surface area contributed by atoms with Crippen LogP contribution in [0.25, 0.3) is 0 Å². The predicted octanol–water partition coefficient (Wildman–Crippen LogP) is 1.70. The smallest absolute Gasteiger partial charge is 0.243 e. The van der Waals surface area contributed by atoms with Crippen LogP contribution in [-0.2, 0) is 4.79 Å². The van der Waals surface area contributed by atoms with Crippen molar-refractivity contribution in [1.29, 1.82) is 0 Å². The number of carbonyl (C=O) groups is 1. The van der Waals surface area contributed by atoms with E-state index in [9.17, 15) is 4.79 Å². The van der Waals surface area contributed by atoms with E-state index in [2.05, 4.69) is 0 Å². The van der Waals surface area contributed by atoms with Crippen LogP contribution in [0.4, 0.5) is 5.69 Å². The Morgan fingerprint density at radius 2 is 2.20 bits per heavy atom. The zero-order valence-electron chi connectivity index (χ0n) is 9.53. The highest BCUT2D eigenvalue weighted by molar-refractivity contribution is 5.96. The van der Waals surface area contributed by atoms with E-state index >= 15 is 0 Å². The van der Waals surface area contributed by atoms with Gasteiger partial charge in [-0.1, -0.05) is 12.1 Å². The Morgan fingerprint density at radius 1 is 1.53 bits per heavy atom. The third-order valence-corrected chi connectivity index (χ3v) is 2.29. The Morgan fingerprint density at radius 3 is 2.67 bits per heavy atom. The van der Waals surface area contributed by atoms with Gasteiger partial charge in [0.25, 0.3) is 0 Å². The van der Waals surface area contributed by atoms with Gasteiger partial charge in [0, 0.05) is 12.2 Å². The fourth-order valence-electron chi connectivity index (χ4n) is 1.51. The molecule has 0 aliphatic heterocycles. The molecule has 0 saturated carbocycles. The van der Waals surface area contributed by atoms with Gasteiger partial charge in [0.15, 0.2) is 0 Å². The van der Waals surface area contributed by atoms with Crippen molar-refractivity contribution in [1.82, 2.24) is 0 Å². The highest BCUT2D eigenvalue weighted by atomic mass is 16.2. The number of benzene rings is 1. The lowest BCUT2D eigenvalue weighted by Crippen LogP contribution is -2.42. The highest BCUT2D eigenvalue weighted by Crippen LogP contribution is 2.16. The summed E-state index contributed by atoms with van der Waals surface area (Å²) in [6.45, 7) is 6.31. The van der Waals surface area contributed by atoms with Crippen molar-refractivity contribution >= 4 is 11.6 Å². The maximum Gasteiger partial charge on any atom is 0.243 e. The summed E-state index contributed by atoms with van der Waals surface area (Å²) in [6.07, 6.45) is 0. The molecule has 82 valence electrons. The van der Waals surface area contributed by atoms with Gasteiger partial charge in [-0.15, -0.1) is 0 Å². The minimum Gasteiger partial charge on any atom is -0.320 e. The summed E-state index contributed by atoms with van der Waals surface area (Å²) in [7, 11) is 0. The predicted molar refractivity (Wildman–Crippen MR) is 62.9 cm³/mol. The first kappa shape index (κ1) is 11.7. The van der Waals surface area contributed by atoms with E-state index in [4.69, 9.17) is 5.73 Å². The Kier molecular flexibility index (Phi) is 3.86. The number of anilines is 1. The molecule has 0 aromatic heterocycles. The van der Waals surface area contributed by atoms with Crippen molar-refractivity contribution in [2.24, 2.45) is 5.73 Å². The first-order chi connectivity index (χ1) is 7.06. The van der Waals surface area contributed by atoms with E-state index in [0.717, 1.165) is 11.3 Å². The van der Waals surface area contributed by atoms with Gasteiger partial charge < -0.3 is 10.6 Å². The first-order valence-corrected chi connectivity index (χ1v) is 5.20. The average molecular weight is 206 g/mol. The summed E-state index contributed by atoms with van der Waals surface area (Å²) in [4.78, 5) is 13.5. The van der Waals surface area contributed by atoms with Crippen LogP contribution < -0.4 is 10.6 Å². The molecule has 1 atom stereocenters. The summed E-state index contributed by atoms with van der Waals surface area (Å²) < 4.78 is 0. The van der Waals surface area contributed by atoms with Gasteiger partial charge in [-0.3, -0.25) is 4.79 Å². The van der Waals surface area contributed by atoms with Crippen LogP contribution in [0.2, 0.25) is 0 Å². The molecule has 2 N–H and O–H groups in total. The normalized spacial score (nSPS) is 12.3. The lowest BCUT2D eigenvalue weighted by Gasteiger charge is -2.23. The Bertz CT molecular complexity index is 347. The largest absolute Gasteiger partial charge is 0.320 e. The molecule has 1 amide bonds. The van der Waals surface area contributed by atoms with Gasteiger partial charge in [0.05, 0.1) is 6.04 Å². The molecule has 0 aliphatic rings.